The Hall–Kier alpha value is -2.46. The minimum atomic E-state index is -0.409. The van der Waals surface area contributed by atoms with E-state index in [1.807, 2.05) is 55.5 Å². The highest BCUT2D eigenvalue weighted by molar-refractivity contribution is 7.12. The maximum Gasteiger partial charge on any atom is 0.363 e. The SMILES string of the molecule is Cc1ccc(/C=C2N=C(/C=C\c3ccccc3)OC\2=O)s1. The van der Waals surface area contributed by atoms with Crippen molar-refractivity contribution < 1.29 is 9.53 Å². The molecule has 0 amide bonds. The number of hydrogen-bond donors (Lipinski definition) is 0. The maximum atomic E-state index is 11.8. The number of aliphatic imine (C=N–C) groups is 1. The lowest BCUT2D eigenvalue weighted by Crippen LogP contribution is -2.00. The van der Waals surface area contributed by atoms with Crippen molar-refractivity contribution in [3.8, 4) is 0 Å². The van der Waals surface area contributed by atoms with Gasteiger partial charge in [0.15, 0.2) is 5.70 Å². The summed E-state index contributed by atoms with van der Waals surface area (Å²) in [6, 6.07) is 13.8. The number of benzene rings is 1. The van der Waals surface area contributed by atoms with E-state index in [0.29, 0.717) is 11.6 Å². The van der Waals surface area contributed by atoms with Crippen LogP contribution in [0, 0.1) is 6.92 Å². The number of nitrogens with zero attached hydrogens (tertiary/aromatic N) is 1. The van der Waals surface area contributed by atoms with Gasteiger partial charge in [0, 0.05) is 15.8 Å². The number of esters is 1. The number of carbonyl (C=O) groups excluding carboxylic acids is 1. The Morgan fingerprint density at radius 2 is 1.90 bits per heavy atom. The van der Waals surface area contributed by atoms with E-state index >= 15 is 0 Å². The molecule has 1 aliphatic rings. The molecule has 0 saturated carbocycles. The molecule has 1 aromatic carbocycles. The predicted octanol–water partition coefficient (Wildman–Crippen LogP) is 4.07. The molecule has 3 rings (SSSR count). The third-order valence-corrected chi connectivity index (χ3v) is 3.84. The highest BCUT2D eigenvalue weighted by atomic mass is 32.1. The van der Waals surface area contributed by atoms with Crippen LogP contribution in [-0.2, 0) is 9.53 Å². The quantitative estimate of drug-likeness (QED) is 0.632. The summed E-state index contributed by atoms with van der Waals surface area (Å²) in [6.45, 7) is 2.02. The molecule has 0 atom stereocenters. The summed E-state index contributed by atoms with van der Waals surface area (Å²) in [5.41, 5.74) is 1.37. The molecule has 0 bridgehead atoms. The maximum absolute atomic E-state index is 11.8. The first-order valence-electron chi connectivity index (χ1n) is 6.53. The smallest absolute Gasteiger partial charge is 0.363 e. The fourth-order valence-electron chi connectivity index (χ4n) is 1.89. The van der Waals surface area contributed by atoms with E-state index in [-0.39, 0.29) is 0 Å². The van der Waals surface area contributed by atoms with Crippen LogP contribution in [0.5, 0.6) is 0 Å². The van der Waals surface area contributed by atoms with Crippen LogP contribution in [0.4, 0.5) is 0 Å². The molecule has 2 aromatic rings. The van der Waals surface area contributed by atoms with Crippen LogP contribution in [0.25, 0.3) is 12.2 Å². The highest BCUT2D eigenvalue weighted by Gasteiger charge is 2.21. The lowest BCUT2D eigenvalue weighted by Gasteiger charge is -1.92. The van der Waals surface area contributed by atoms with Gasteiger partial charge >= 0.3 is 5.97 Å². The first-order valence-corrected chi connectivity index (χ1v) is 7.34. The zero-order valence-electron chi connectivity index (χ0n) is 11.4. The fourth-order valence-corrected chi connectivity index (χ4v) is 2.71. The average molecular weight is 295 g/mol. The lowest BCUT2D eigenvalue weighted by atomic mass is 10.2. The molecule has 104 valence electrons. The van der Waals surface area contributed by atoms with Crippen LogP contribution in [-0.4, -0.2) is 11.9 Å². The Bertz CT molecular complexity index is 754. The van der Waals surface area contributed by atoms with Crippen molar-refractivity contribution in [2.75, 3.05) is 0 Å². The fraction of sp³-hybridized carbons (Fsp3) is 0.0588. The molecular formula is C17H13NO2S. The third-order valence-electron chi connectivity index (χ3n) is 2.90. The number of cyclic esters (lactones) is 1. The summed E-state index contributed by atoms with van der Waals surface area (Å²) in [7, 11) is 0. The molecule has 2 heterocycles. The van der Waals surface area contributed by atoms with Gasteiger partial charge in [0.1, 0.15) is 0 Å². The van der Waals surface area contributed by atoms with E-state index in [9.17, 15) is 4.79 Å². The summed E-state index contributed by atoms with van der Waals surface area (Å²) >= 11 is 1.62. The van der Waals surface area contributed by atoms with E-state index in [1.165, 1.54) is 4.88 Å². The summed E-state index contributed by atoms with van der Waals surface area (Å²) < 4.78 is 5.14. The monoisotopic (exact) mass is 295 g/mol. The second-order valence-corrected chi connectivity index (χ2v) is 5.88. The zero-order valence-corrected chi connectivity index (χ0v) is 12.3. The Morgan fingerprint density at radius 3 is 2.62 bits per heavy atom. The molecule has 0 unspecified atom stereocenters. The number of carbonyl (C=O) groups is 1. The molecule has 0 aliphatic carbocycles. The summed E-state index contributed by atoms with van der Waals surface area (Å²) in [5, 5.41) is 0. The molecule has 4 heteroatoms. The second-order valence-electron chi connectivity index (χ2n) is 4.56. The predicted molar refractivity (Wildman–Crippen MR) is 86.0 cm³/mol. The average Bonchev–Trinajstić information content (AvgIpc) is 3.05. The normalized spacial score (nSPS) is 16.5. The van der Waals surface area contributed by atoms with Crippen molar-refractivity contribution in [3.05, 3.63) is 69.6 Å². The van der Waals surface area contributed by atoms with Gasteiger partial charge in [-0.1, -0.05) is 30.3 Å². The molecule has 3 nitrogen and oxygen atoms in total. The highest BCUT2D eigenvalue weighted by Crippen LogP contribution is 2.21. The number of hydrogen-bond acceptors (Lipinski definition) is 4. The molecule has 0 N–H and O–H groups in total. The van der Waals surface area contributed by atoms with Crippen LogP contribution in [0.15, 0.2) is 59.2 Å². The minimum absolute atomic E-state index is 0.323. The first-order chi connectivity index (χ1) is 10.2. The van der Waals surface area contributed by atoms with Crippen molar-refractivity contribution in [2.45, 2.75) is 6.92 Å². The second kappa shape index (κ2) is 5.89. The van der Waals surface area contributed by atoms with Crippen LogP contribution in [0.3, 0.4) is 0 Å². The van der Waals surface area contributed by atoms with Crippen molar-refractivity contribution in [1.29, 1.82) is 0 Å². The minimum Gasteiger partial charge on any atom is -0.403 e. The molecule has 0 spiro atoms. The summed E-state index contributed by atoms with van der Waals surface area (Å²) in [4.78, 5) is 18.2. The number of rotatable bonds is 3. The van der Waals surface area contributed by atoms with Gasteiger partial charge in [-0.05, 0) is 36.8 Å². The Balaban J connectivity index is 1.79. The van der Waals surface area contributed by atoms with Gasteiger partial charge in [-0.25, -0.2) is 9.79 Å². The van der Waals surface area contributed by atoms with Crippen molar-refractivity contribution in [2.24, 2.45) is 4.99 Å². The van der Waals surface area contributed by atoms with Crippen molar-refractivity contribution in [1.82, 2.24) is 0 Å². The molecule has 0 radical (unpaired) electrons. The molecule has 21 heavy (non-hydrogen) atoms. The molecular weight excluding hydrogens is 282 g/mol. The van der Waals surface area contributed by atoms with E-state index in [4.69, 9.17) is 4.74 Å². The van der Waals surface area contributed by atoms with Crippen LogP contribution in [0.1, 0.15) is 15.3 Å². The van der Waals surface area contributed by atoms with Crippen LogP contribution in [0.2, 0.25) is 0 Å². The zero-order chi connectivity index (χ0) is 14.7. The largest absolute Gasteiger partial charge is 0.403 e. The summed E-state index contributed by atoms with van der Waals surface area (Å²) in [5.74, 6) is -0.0860. The first kappa shape index (κ1) is 13.5. The Kier molecular flexibility index (Phi) is 3.79. The van der Waals surface area contributed by atoms with Gasteiger partial charge in [-0.2, -0.15) is 0 Å². The van der Waals surface area contributed by atoms with Crippen molar-refractivity contribution >= 4 is 35.4 Å². The number of ether oxygens (including phenoxy) is 1. The summed E-state index contributed by atoms with van der Waals surface area (Å²) in [6.07, 6.45) is 5.32. The van der Waals surface area contributed by atoms with Gasteiger partial charge < -0.3 is 4.74 Å². The number of thiophene rings is 1. The molecule has 1 aliphatic heterocycles. The van der Waals surface area contributed by atoms with Gasteiger partial charge in [0.05, 0.1) is 0 Å². The Morgan fingerprint density at radius 1 is 1.10 bits per heavy atom. The van der Waals surface area contributed by atoms with E-state index in [1.54, 1.807) is 23.5 Å². The number of aryl methyl sites for hydroxylation is 1. The third kappa shape index (κ3) is 3.35. The van der Waals surface area contributed by atoms with Crippen molar-refractivity contribution in [3.63, 3.8) is 0 Å². The van der Waals surface area contributed by atoms with Gasteiger partial charge in [0.25, 0.3) is 0 Å². The molecule has 0 fully saturated rings. The van der Waals surface area contributed by atoms with Crippen LogP contribution >= 0.6 is 11.3 Å². The lowest BCUT2D eigenvalue weighted by molar-refractivity contribution is -0.129. The van der Waals surface area contributed by atoms with Crippen LogP contribution < -0.4 is 0 Å². The van der Waals surface area contributed by atoms with Gasteiger partial charge in [-0.15, -0.1) is 11.3 Å². The topological polar surface area (TPSA) is 38.7 Å². The standard InChI is InChI=1S/C17H13NO2S/c1-12-7-9-14(21-12)11-15-17(19)20-16(18-15)10-8-13-5-3-2-4-6-13/h2-11H,1H3/b10-8-,15-11-. The van der Waals surface area contributed by atoms with E-state index < -0.39 is 5.97 Å². The van der Waals surface area contributed by atoms with Gasteiger partial charge in [-0.3, -0.25) is 0 Å². The van der Waals surface area contributed by atoms with E-state index in [0.717, 1.165) is 10.4 Å². The Labute approximate surface area is 126 Å². The molecule has 1 aromatic heterocycles. The van der Waals surface area contributed by atoms with Gasteiger partial charge in [0.2, 0.25) is 5.90 Å². The molecule has 0 saturated heterocycles. The van der Waals surface area contributed by atoms with E-state index in [2.05, 4.69) is 4.99 Å².